The van der Waals surface area contributed by atoms with E-state index in [1.54, 1.807) is 6.20 Å². The SMILES string of the molecule is CCn1nc(C)c2cc(CO)cnc21. The Morgan fingerprint density at radius 2 is 2.29 bits per heavy atom. The van der Waals surface area contributed by atoms with Crippen molar-refractivity contribution in [3.8, 4) is 0 Å². The molecule has 0 unspecified atom stereocenters. The van der Waals surface area contributed by atoms with E-state index in [4.69, 9.17) is 5.11 Å². The maximum absolute atomic E-state index is 8.98. The molecule has 4 heteroatoms. The molecule has 0 aliphatic carbocycles. The number of fused-ring (bicyclic) bond motifs is 1. The van der Waals surface area contributed by atoms with Crippen LogP contribution in [0.15, 0.2) is 12.3 Å². The van der Waals surface area contributed by atoms with Crippen LogP contribution in [0.5, 0.6) is 0 Å². The van der Waals surface area contributed by atoms with Gasteiger partial charge in [-0.1, -0.05) is 0 Å². The first-order chi connectivity index (χ1) is 6.76. The Morgan fingerprint density at radius 3 is 2.93 bits per heavy atom. The highest BCUT2D eigenvalue weighted by Crippen LogP contribution is 2.17. The fraction of sp³-hybridized carbons (Fsp3) is 0.400. The fourth-order valence-electron chi connectivity index (χ4n) is 1.56. The van der Waals surface area contributed by atoms with Crippen molar-refractivity contribution in [1.82, 2.24) is 14.8 Å². The number of nitrogens with zero attached hydrogens (tertiary/aromatic N) is 3. The van der Waals surface area contributed by atoms with Gasteiger partial charge in [0, 0.05) is 18.1 Å². The van der Waals surface area contributed by atoms with Crippen LogP contribution in [0, 0.1) is 6.92 Å². The number of hydrogen-bond acceptors (Lipinski definition) is 3. The lowest BCUT2D eigenvalue weighted by Gasteiger charge is -1.98. The number of aromatic nitrogens is 3. The maximum Gasteiger partial charge on any atom is 0.157 e. The van der Waals surface area contributed by atoms with Gasteiger partial charge < -0.3 is 5.11 Å². The van der Waals surface area contributed by atoms with Gasteiger partial charge in [-0.15, -0.1) is 0 Å². The van der Waals surface area contributed by atoms with Crippen LogP contribution in [0.3, 0.4) is 0 Å². The van der Waals surface area contributed by atoms with Crippen molar-refractivity contribution < 1.29 is 5.11 Å². The Bertz CT molecular complexity index is 462. The van der Waals surface area contributed by atoms with Gasteiger partial charge in [0.25, 0.3) is 0 Å². The second-order valence-corrected chi connectivity index (χ2v) is 3.27. The fourth-order valence-corrected chi connectivity index (χ4v) is 1.56. The van der Waals surface area contributed by atoms with Crippen molar-refractivity contribution in [2.24, 2.45) is 0 Å². The molecule has 4 nitrogen and oxygen atoms in total. The Hall–Kier alpha value is -1.42. The normalized spacial score (nSPS) is 11.1. The topological polar surface area (TPSA) is 50.9 Å². The molecule has 0 spiro atoms. The van der Waals surface area contributed by atoms with E-state index in [2.05, 4.69) is 10.1 Å². The molecule has 74 valence electrons. The van der Waals surface area contributed by atoms with E-state index in [1.807, 2.05) is 24.6 Å². The molecule has 2 aromatic rings. The molecule has 2 aromatic heterocycles. The number of rotatable bonds is 2. The van der Waals surface area contributed by atoms with Crippen LogP contribution in [0.25, 0.3) is 11.0 Å². The van der Waals surface area contributed by atoms with E-state index in [-0.39, 0.29) is 6.61 Å². The smallest absolute Gasteiger partial charge is 0.157 e. The molecule has 0 aromatic carbocycles. The van der Waals surface area contributed by atoms with E-state index in [9.17, 15) is 0 Å². The second kappa shape index (κ2) is 3.38. The molecule has 0 amide bonds. The minimum Gasteiger partial charge on any atom is -0.392 e. The summed E-state index contributed by atoms with van der Waals surface area (Å²) in [6.07, 6.45) is 1.69. The van der Waals surface area contributed by atoms with Crippen LogP contribution in [-0.4, -0.2) is 19.9 Å². The van der Waals surface area contributed by atoms with Gasteiger partial charge >= 0.3 is 0 Å². The average molecular weight is 191 g/mol. The zero-order valence-electron chi connectivity index (χ0n) is 8.36. The van der Waals surface area contributed by atoms with Crippen LogP contribution in [0.2, 0.25) is 0 Å². The Morgan fingerprint density at radius 1 is 1.50 bits per heavy atom. The molecule has 1 N–H and O–H groups in total. The molecule has 0 saturated carbocycles. The lowest BCUT2D eigenvalue weighted by atomic mass is 10.2. The zero-order chi connectivity index (χ0) is 10.1. The van der Waals surface area contributed by atoms with E-state index in [0.29, 0.717) is 0 Å². The summed E-state index contributed by atoms with van der Waals surface area (Å²) in [5.41, 5.74) is 2.68. The molecule has 0 aliphatic heterocycles. The van der Waals surface area contributed by atoms with Crippen molar-refractivity contribution >= 4 is 11.0 Å². The first kappa shape index (κ1) is 9.15. The molecule has 2 heterocycles. The molecule has 0 saturated heterocycles. The first-order valence-electron chi connectivity index (χ1n) is 4.69. The highest BCUT2D eigenvalue weighted by atomic mass is 16.3. The summed E-state index contributed by atoms with van der Waals surface area (Å²) in [4.78, 5) is 4.28. The molecule has 0 aliphatic rings. The molecule has 0 radical (unpaired) electrons. The molecule has 0 atom stereocenters. The summed E-state index contributed by atoms with van der Waals surface area (Å²) in [5.74, 6) is 0. The Kier molecular flexibility index (Phi) is 2.21. The summed E-state index contributed by atoms with van der Waals surface area (Å²) < 4.78 is 1.87. The third-order valence-corrected chi connectivity index (χ3v) is 2.31. The van der Waals surface area contributed by atoms with E-state index in [0.717, 1.165) is 28.8 Å². The molecule has 0 fully saturated rings. The summed E-state index contributed by atoms with van der Waals surface area (Å²) in [6, 6.07) is 1.94. The highest BCUT2D eigenvalue weighted by Gasteiger charge is 2.07. The molecule has 14 heavy (non-hydrogen) atoms. The third-order valence-electron chi connectivity index (χ3n) is 2.31. The van der Waals surface area contributed by atoms with Crippen molar-refractivity contribution in [1.29, 1.82) is 0 Å². The average Bonchev–Trinajstić information content (AvgIpc) is 2.55. The monoisotopic (exact) mass is 191 g/mol. The van der Waals surface area contributed by atoms with Gasteiger partial charge in [-0.05, 0) is 25.5 Å². The van der Waals surface area contributed by atoms with Gasteiger partial charge in [-0.3, -0.25) is 0 Å². The summed E-state index contributed by atoms with van der Waals surface area (Å²) in [7, 11) is 0. The van der Waals surface area contributed by atoms with Gasteiger partial charge in [-0.25, -0.2) is 9.67 Å². The van der Waals surface area contributed by atoms with Gasteiger partial charge in [0.1, 0.15) is 0 Å². The standard InChI is InChI=1S/C10H13N3O/c1-3-13-10-9(7(2)12-13)4-8(6-14)5-11-10/h4-5,14H,3,6H2,1-2H3. The molecular formula is C10H13N3O. The Labute approximate surface area is 82.2 Å². The second-order valence-electron chi connectivity index (χ2n) is 3.27. The van der Waals surface area contributed by atoms with Crippen molar-refractivity contribution in [3.63, 3.8) is 0 Å². The minimum atomic E-state index is 0.0275. The number of aryl methyl sites for hydroxylation is 2. The first-order valence-corrected chi connectivity index (χ1v) is 4.69. The summed E-state index contributed by atoms with van der Waals surface area (Å²) in [6.45, 7) is 4.83. The lowest BCUT2D eigenvalue weighted by molar-refractivity contribution is 0.281. The van der Waals surface area contributed by atoms with Crippen LogP contribution < -0.4 is 0 Å². The van der Waals surface area contributed by atoms with Crippen LogP contribution in [-0.2, 0) is 13.2 Å². The van der Waals surface area contributed by atoms with Gasteiger partial charge in [0.15, 0.2) is 5.65 Å². The third kappa shape index (κ3) is 1.28. The number of aliphatic hydroxyl groups is 1. The quantitative estimate of drug-likeness (QED) is 0.777. The van der Waals surface area contributed by atoms with E-state index < -0.39 is 0 Å². The molecule has 0 bridgehead atoms. The van der Waals surface area contributed by atoms with Crippen LogP contribution in [0.4, 0.5) is 0 Å². The van der Waals surface area contributed by atoms with Crippen molar-refractivity contribution in [2.75, 3.05) is 0 Å². The lowest BCUT2D eigenvalue weighted by Crippen LogP contribution is -1.97. The molecule has 2 rings (SSSR count). The summed E-state index contributed by atoms with van der Waals surface area (Å²) >= 11 is 0. The highest BCUT2D eigenvalue weighted by molar-refractivity contribution is 5.78. The van der Waals surface area contributed by atoms with Gasteiger partial charge in [0.2, 0.25) is 0 Å². The van der Waals surface area contributed by atoms with Crippen molar-refractivity contribution in [2.45, 2.75) is 27.0 Å². The summed E-state index contributed by atoms with van der Waals surface area (Å²) in [5, 5.41) is 14.4. The predicted octanol–water partition coefficient (Wildman–Crippen LogP) is 1.25. The van der Waals surface area contributed by atoms with E-state index in [1.165, 1.54) is 0 Å². The largest absolute Gasteiger partial charge is 0.392 e. The predicted molar refractivity (Wildman–Crippen MR) is 53.9 cm³/mol. The number of pyridine rings is 1. The van der Waals surface area contributed by atoms with Crippen LogP contribution >= 0.6 is 0 Å². The van der Waals surface area contributed by atoms with Crippen molar-refractivity contribution in [3.05, 3.63) is 23.5 Å². The van der Waals surface area contributed by atoms with Crippen LogP contribution in [0.1, 0.15) is 18.2 Å². The van der Waals surface area contributed by atoms with E-state index >= 15 is 0 Å². The number of hydrogen-bond donors (Lipinski definition) is 1. The number of aliphatic hydroxyl groups excluding tert-OH is 1. The van der Waals surface area contributed by atoms with Gasteiger partial charge in [0.05, 0.1) is 12.3 Å². The Balaban J connectivity index is 2.70. The zero-order valence-corrected chi connectivity index (χ0v) is 8.36. The maximum atomic E-state index is 8.98. The minimum absolute atomic E-state index is 0.0275. The van der Waals surface area contributed by atoms with Gasteiger partial charge in [-0.2, -0.15) is 5.10 Å². The molecular weight excluding hydrogens is 178 g/mol.